The summed E-state index contributed by atoms with van der Waals surface area (Å²) in [7, 11) is 0. The topological polar surface area (TPSA) is 64.7 Å². The number of aromatic nitrogens is 4. The van der Waals surface area contributed by atoms with E-state index in [1.165, 1.54) is 11.5 Å². The summed E-state index contributed by atoms with van der Waals surface area (Å²) in [4.78, 5) is 5.34. The van der Waals surface area contributed by atoms with Crippen molar-refractivity contribution < 1.29 is 4.52 Å². The molecule has 0 spiro atoms. The summed E-state index contributed by atoms with van der Waals surface area (Å²) in [5.41, 5.74) is 2.70. The summed E-state index contributed by atoms with van der Waals surface area (Å²) >= 11 is 1.28. The molecule has 0 saturated carbocycles. The number of hydrogen-bond donors (Lipinski definition) is 0. The van der Waals surface area contributed by atoms with Gasteiger partial charge in [0, 0.05) is 16.7 Å². The number of benzene rings is 2. The zero-order valence-corrected chi connectivity index (χ0v) is 12.1. The van der Waals surface area contributed by atoms with Crippen LogP contribution in [0.5, 0.6) is 0 Å². The highest BCUT2D eigenvalue weighted by Crippen LogP contribution is 2.32. The van der Waals surface area contributed by atoms with Crippen molar-refractivity contribution in [2.45, 2.75) is 0 Å². The van der Waals surface area contributed by atoms with Gasteiger partial charge in [0.15, 0.2) is 0 Å². The fourth-order valence-electron chi connectivity index (χ4n) is 2.16. The van der Waals surface area contributed by atoms with Crippen LogP contribution in [0.1, 0.15) is 0 Å². The Hall–Kier alpha value is -2.86. The molecular weight excluding hydrogens is 296 g/mol. The van der Waals surface area contributed by atoms with Gasteiger partial charge < -0.3 is 4.52 Å². The van der Waals surface area contributed by atoms with Gasteiger partial charge in [0.1, 0.15) is 6.20 Å². The Labute approximate surface area is 130 Å². The van der Waals surface area contributed by atoms with Gasteiger partial charge in [-0.3, -0.25) is 0 Å². The predicted octanol–water partition coefficient (Wildman–Crippen LogP) is 3.72. The minimum Gasteiger partial charge on any atom is -0.334 e. The van der Waals surface area contributed by atoms with E-state index in [4.69, 9.17) is 4.52 Å². The van der Waals surface area contributed by atoms with Gasteiger partial charge in [-0.15, -0.1) is 5.10 Å². The van der Waals surface area contributed by atoms with E-state index in [1.807, 2.05) is 54.6 Å². The molecule has 0 aliphatic carbocycles. The van der Waals surface area contributed by atoms with Crippen molar-refractivity contribution in [3.63, 3.8) is 0 Å². The van der Waals surface area contributed by atoms with E-state index in [2.05, 4.69) is 25.9 Å². The molecule has 105 valence electrons. The fraction of sp³-hybridized carbons (Fsp3) is 0. The molecule has 0 amide bonds. The predicted molar refractivity (Wildman–Crippen MR) is 82.9 cm³/mol. The molecule has 0 bridgehead atoms. The minimum absolute atomic E-state index is 0.469. The lowest BCUT2D eigenvalue weighted by molar-refractivity contribution is 0.432. The third kappa shape index (κ3) is 2.29. The maximum Gasteiger partial charge on any atom is 0.258 e. The Kier molecular flexibility index (Phi) is 3.21. The molecule has 4 rings (SSSR count). The molecule has 1 radical (unpaired) electrons. The largest absolute Gasteiger partial charge is 0.334 e. The average Bonchev–Trinajstić information content (AvgIpc) is 3.28. The van der Waals surface area contributed by atoms with E-state index >= 15 is 0 Å². The van der Waals surface area contributed by atoms with Crippen LogP contribution < -0.4 is 0 Å². The second-order valence-corrected chi connectivity index (χ2v) is 5.30. The van der Waals surface area contributed by atoms with Gasteiger partial charge in [0.2, 0.25) is 5.82 Å². The van der Waals surface area contributed by atoms with Crippen LogP contribution >= 0.6 is 11.5 Å². The van der Waals surface area contributed by atoms with Crippen molar-refractivity contribution in [3.8, 4) is 33.3 Å². The molecule has 0 N–H and O–H groups in total. The minimum atomic E-state index is 0.469. The molecule has 4 aromatic rings. The van der Waals surface area contributed by atoms with Gasteiger partial charge in [0.25, 0.3) is 5.89 Å². The van der Waals surface area contributed by atoms with Gasteiger partial charge in [0.05, 0.1) is 4.88 Å². The van der Waals surface area contributed by atoms with Gasteiger partial charge in [-0.1, -0.05) is 58.2 Å². The third-order valence-electron chi connectivity index (χ3n) is 3.18. The first-order valence-corrected chi connectivity index (χ1v) is 7.38. The van der Waals surface area contributed by atoms with Crippen LogP contribution in [-0.4, -0.2) is 19.7 Å². The summed E-state index contributed by atoms with van der Waals surface area (Å²) in [6.07, 6.45) is 2.87. The van der Waals surface area contributed by atoms with E-state index < -0.39 is 0 Å². The van der Waals surface area contributed by atoms with Gasteiger partial charge >= 0.3 is 0 Å². The Morgan fingerprint density at radius 2 is 1.68 bits per heavy atom. The molecule has 0 atom stereocenters. The molecule has 0 aliphatic rings. The highest BCUT2D eigenvalue weighted by Gasteiger charge is 2.15. The summed E-state index contributed by atoms with van der Waals surface area (Å²) in [5.74, 6) is 1.04. The van der Waals surface area contributed by atoms with E-state index in [1.54, 1.807) is 0 Å². The SMILES string of the molecule is [c]1nnsc1-c1ccccc1-c1nc(-c2ccccc2)no1. The molecule has 0 unspecified atom stereocenters. The Morgan fingerprint density at radius 3 is 2.45 bits per heavy atom. The van der Waals surface area contributed by atoms with Crippen LogP contribution in [0, 0.1) is 6.20 Å². The molecule has 0 aliphatic heterocycles. The monoisotopic (exact) mass is 305 g/mol. The zero-order valence-electron chi connectivity index (χ0n) is 11.3. The lowest BCUT2D eigenvalue weighted by Gasteiger charge is -2.01. The molecule has 5 nitrogen and oxygen atoms in total. The van der Waals surface area contributed by atoms with Crippen molar-refractivity contribution in [3.05, 3.63) is 60.8 Å². The molecule has 6 heteroatoms. The van der Waals surface area contributed by atoms with E-state index in [0.29, 0.717) is 11.7 Å². The maximum absolute atomic E-state index is 5.43. The summed E-state index contributed by atoms with van der Waals surface area (Å²) in [5, 5.41) is 7.82. The second-order valence-electron chi connectivity index (χ2n) is 4.55. The van der Waals surface area contributed by atoms with Crippen LogP contribution in [0.3, 0.4) is 0 Å². The first-order valence-electron chi connectivity index (χ1n) is 6.61. The Morgan fingerprint density at radius 1 is 0.909 bits per heavy atom. The van der Waals surface area contributed by atoms with E-state index in [-0.39, 0.29) is 0 Å². The zero-order chi connectivity index (χ0) is 14.8. The van der Waals surface area contributed by atoms with Crippen LogP contribution in [0.15, 0.2) is 59.1 Å². The lowest BCUT2D eigenvalue weighted by Crippen LogP contribution is -1.84. The highest BCUT2D eigenvalue weighted by molar-refractivity contribution is 7.09. The van der Waals surface area contributed by atoms with E-state index in [0.717, 1.165) is 21.6 Å². The van der Waals surface area contributed by atoms with Crippen molar-refractivity contribution >= 4 is 11.5 Å². The van der Waals surface area contributed by atoms with Crippen LogP contribution in [0.25, 0.3) is 33.3 Å². The summed E-state index contributed by atoms with van der Waals surface area (Å²) < 4.78 is 9.29. The summed E-state index contributed by atoms with van der Waals surface area (Å²) in [6.45, 7) is 0. The molecule has 0 fully saturated rings. The summed E-state index contributed by atoms with van der Waals surface area (Å²) in [6, 6.07) is 17.5. The number of rotatable bonds is 3. The van der Waals surface area contributed by atoms with Crippen molar-refractivity contribution in [2.24, 2.45) is 0 Å². The average molecular weight is 305 g/mol. The van der Waals surface area contributed by atoms with Crippen LogP contribution in [-0.2, 0) is 0 Å². The molecule has 0 saturated heterocycles. The molecule has 22 heavy (non-hydrogen) atoms. The van der Waals surface area contributed by atoms with Crippen molar-refractivity contribution in [2.75, 3.05) is 0 Å². The number of hydrogen-bond acceptors (Lipinski definition) is 6. The normalized spacial score (nSPS) is 10.7. The highest BCUT2D eigenvalue weighted by atomic mass is 32.1. The van der Waals surface area contributed by atoms with Crippen LogP contribution in [0.4, 0.5) is 0 Å². The van der Waals surface area contributed by atoms with Crippen molar-refractivity contribution in [1.82, 2.24) is 19.7 Å². The smallest absolute Gasteiger partial charge is 0.258 e. The fourth-order valence-corrected chi connectivity index (χ4v) is 2.68. The van der Waals surface area contributed by atoms with Gasteiger partial charge in [-0.05, 0) is 17.6 Å². The van der Waals surface area contributed by atoms with E-state index in [9.17, 15) is 0 Å². The molecular formula is C16H9N4OS. The Balaban J connectivity index is 1.80. The number of nitrogens with zero attached hydrogens (tertiary/aromatic N) is 4. The maximum atomic E-state index is 5.43. The first-order chi connectivity index (χ1) is 10.9. The molecule has 2 aromatic heterocycles. The van der Waals surface area contributed by atoms with Gasteiger partial charge in [-0.2, -0.15) is 4.98 Å². The van der Waals surface area contributed by atoms with Crippen LogP contribution in [0.2, 0.25) is 0 Å². The quantitative estimate of drug-likeness (QED) is 0.577. The first kappa shape index (κ1) is 12.8. The third-order valence-corrected chi connectivity index (χ3v) is 3.84. The second kappa shape index (κ2) is 5.50. The van der Waals surface area contributed by atoms with Crippen molar-refractivity contribution in [1.29, 1.82) is 0 Å². The standard InChI is InChI=1S/C16H9N4OS/c1-2-6-11(7-3-1)15-18-16(21-19-15)13-9-5-4-8-12(13)14-10-17-20-22-14/h1-9H. The molecule has 2 aromatic carbocycles. The molecule has 2 heterocycles. The van der Waals surface area contributed by atoms with Gasteiger partial charge in [-0.25, -0.2) is 0 Å². The lowest BCUT2D eigenvalue weighted by atomic mass is 10.1. The Bertz CT molecular complexity index is 887.